The molecular weight excluding hydrogens is 218 g/mol. The fraction of sp³-hybridized carbons (Fsp3) is 0.882. The van der Waals surface area contributed by atoms with Gasteiger partial charge in [0.2, 0.25) is 0 Å². The SMILES string of the molecule is CC(N[C@H](C)C1CCCCC1)C1CC2C=CC1C2. The summed E-state index contributed by atoms with van der Waals surface area (Å²) in [4.78, 5) is 0. The van der Waals surface area contributed by atoms with Crippen LogP contribution in [-0.2, 0) is 0 Å². The van der Waals surface area contributed by atoms with E-state index in [1.165, 1.54) is 44.9 Å². The van der Waals surface area contributed by atoms with Crippen LogP contribution in [0.15, 0.2) is 12.2 Å². The van der Waals surface area contributed by atoms with Crippen molar-refractivity contribution in [2.45, 2.75) is 70.9 Å². The zero-order valence-corrected chi connectivity index (χ0v) is 12.1. The highest BCUT2D eigenvalue weighted by Gasteiger charge is 2.39. The Hall–Kier alpha value is -0.300. The molecule has 2 bridgehead atoms. The van der Waals surface area contributed by atoms with Crippen LogP contribution in [0.25, 0.3) is 0 Å². The van der Waals surface area contributed by atoms with E-state index in [0.717, 1.165) is 29.7 Å². The molecule has 0 aromatic rings. The molecule has 3 aliphatic rings. The molecule has 5 atom stereocenters. The molecule has 0 aromatic carbocycles. The minimum Gasteiger partial charge on any atom is -0.311 e. The van der Waals surface area contributed by atoms with E-state index >= 15 is 0 Å². The maximum absolute atomic E-state index is 3.94. The number of rotatable bonds is 4. The lowest BCUT2D eigenvalue weighted by Crippen LogP contribution is -2.44. The van der Waals surface area contributed by atoms with E-state index in [1.54, 1.807) is 0 Å². The molecule has 0 aromatic heterocycles. The van der Waals surface area contributed by atoms with Gasteiger partial charge in [-0.2, -0.15) is 0 Å². The molecule has 0 saturated heterocycles. The summed E-state index contributed by atoms with van der Waals surface area (Å²) in [7, 11) is 0. The van der Waals surface area contributed by atoms with Gasteiger partial charge in [0.15, 0.2) is 0 Å². The Morgan fingerprint density at radius 2 is 1.72 bits per heavy atom. The molecule has 0 spiro atoms. The van der Waals surface area contributed by atoms with Crippen molar-refractivity contribution >= 4 is 0 Å². The number of hydrogen-bond donors (Lipinski definition) is 1. The first-order chi connectivity index (χ1) is 8.74. The Bertz CT molecular complexity index is 303. The van der Waals surface area contributed by atoms with Crippen molar-refractivity contribution in [3.8, 4) is 0 Å². The van der Waals surface area contributed by atoms with Crippen molar-refractivity contribution in [2.75, 3.05) is 0 Å². The Morgan fingerprint density at radius 1 is 0.944 bits per heavy atom. The van der Waals surface area contributed by atoms with E-state index in [9.17, 15) is 0 Å². The van der Waals surface area contributed by atoms with Gasteiger partial charge in [0.05, 0.1) is 0 Å². The fourth-order valence-corrected chi connectivity index (χ4v) is 4.71. The van der Waals surface area contributed by atoms with Crippen molar-refractivity contribution in [1.29, 1.82) is 0 Å². The Morgan fingerprint density at radius 3 is 2.33 bits per heavy atom. The van der Waals surface area contributed by atoms with Gasteiger partial charge >= 0.3 is 0 Å². The largest absolute Gasteiger partial charge is 0.311 e. The third-order valence-corrected chi connectivity index (χ3v) is 5.86. The van der Waals surface area contributed by atoms with E-state index in [0.29, 0.717) is 6.04 Å². The van der Waals surface area contributed by atoms with Crippen LogP contribution in [0, 0.1) is 23.7 Å². The molecule has 102 valence electrons. The van der Waals surface area contributed by atoms with Crippen molar-refractivity contribution < 1.29 is 0 Å². The molecule has 3 aliphatic carbocycles. The molecule has 1 nitrogen and oxygen atoms in total. The van der Waals surface area contributed by atoms with Gasteiger partial charge in [-0.05, 0) is 63.2 Å². The molecule has 18 heavy (non-hydrogen) atoms. The highest BCUT2D eigenvalue weighted by atomic mass is 15.0. The Balaban J connectivity index is 1.51. The molecule has 2 saturated carbocycles. The summed E-state index contributed by atoms with van der Waals surface area (Å²) >= 11 is 0. The van der Waals surface area contributed by atoms with Gasteiger partial charge in [0.25, 0.3) is 0 Å². The van der Waals surface area contributed by atoms with Gasteiger partial charge < -0.3 is 5.32 Å². The first-order valence-electron chi connectivity index (χ1n) is 8.18. The topological polar surface area (TPSA) is 12.0 Å². The zero-order chi connectivity index (χ0) is 12.5. The van der Waals surface area contributed by atoms with Crippen molar-refractivity contribution in [3.05, 3.63) is 12.2 Å². The minimum absolute atomic E-state index is 0.710. The van der Waals surface area contributed by atoms with Crippen LogP contribution in [0.2, 0.25) is 0 Å². The van der Waals surface area contributed by atoms with Crippen molar-refractivity contribution in [1.82, 2.24) is 5.32 Å². The van der Waals surface area contributed by atoms with Crippen molar-refractivity contribution in [2.24, 2.45) is 23.7 Å². The predicted octanol–water partition coefficient (Wildman–Crippen LogP) is 4.15. The second-order valence-corrected chi connectivity index (χ2v) is 7.09. The van der Waals surface area contributed by atoms with Gasteiger partial charge in [-0.15, -0.1) is 0 Å². The molecule has 2 fully saturated rings. The average Bonchev–Trinajstić information content (AvgIpc) is 3.02. The second kappa shape index (κ2) is 5.36. The van der Waals surface area contributed by atoms with Crippen LogP contribution in [0.1, 0.15) is 58.8 Å². The first-order valence-corrected chi connectivity index (χ1v) is 8.18. The number of allylic oxidation sites excluding steroid dienone is 2. The lowest BCUT2D eigenvalue weighted by atomic mass is 9.82. The average molecular weight is 247 g/mol. The molecule has 1 heteroatoms. The maximum atomic E-state index is 3.94. The highest BCUT2D eigenvalue weighted by Crippen LogP contribution is 2.45. The van der Waals surface area contributed by atoms with Crippen LogP contribution in [-0.4, -0.2) is 12.1 Å². The quantitative estimate of drug-likeness (QED) is 0.736. The molecule has 0 heterocycles. The van der Waals surface area contributed by atoms with Gasteiger partial charge in [0, 0.05) is 12.1 Å². The lowest BCUT2D eigenvalue weighted by molar-refractivity contribution is 0.231. The molecule has 0 aliphatic heterocycles. The summed E-state index contributed by atoms with van der Waals surface area (Å²) in [5.74, 6) is 3.65. The summed E-state index contributed by atoms with van der Waals surface area (Å²) in [6.45, 7) is 4.86. The van der Waals surface area contributed by atoms with Gasteiger partial charge in [-0.1, -0.05) is 31.4 Å². The van der Waals surface area contributed by atoms with E-state index < -0.39 is 0 Å². The van der Waals surface area contributed by atoms with Crippen LogP contribution in [0.3, 0.4) is 0 Å². The third-order valence-electron chi connectivity index (χ3n) is 5.86. The summed E-state index contributed by atoms with van der Waals surface area (Å²) < 4.78 is 0. The van der Waals surface area contributed by atoms with Gasteiger partial charge in [0.1, 0.15) is 0 Å². The number of hydrogen-bond acceptors (Lipinski definition) is 1. The minimum atomic E-state index is 0.710. The summed E-state index contributed by atoms with van der Waals surface area (Å²) in [6, 6.07) is 1.44. The number of nitrogens with one attached hydrogen (secondary N) is 1. The normalized spacial score (nSPS) is 39.1. The smallest absolute Gasteiger partial charge is 0.00754 e. The Kier molecular flexibility index (Phi) is 3.79. The van der Waals surface area contributed by atoms with E-state index in [2.05, 4.69) is 31.3 Å². The lowest BCUT2D eigenvalue weighted by Gasteiger charge is -2.34. The standard InChI is InChI=1S/C17H29N/c1-12(15-6-4-3-5-7-15)18-13(2)17-11-14-8-9-16(17)10-14/h8-9,12-18H,3-7,10-11H2,1-2H3/t12-,13?,14?,16?,17?/m1/s1. The van der Waals surface area contributed by atoms with Crippen LogP contribution in [0.5, 0.6) is 0 Å². The third kappa shape index (κ3) is 2.52. The van der Waals surface area contributed by atoms with Crippen molar-refractivity contribution in [3.63, 3.8) is 0 Å². The van der Waals surface area contributed by atoms with Crippen LogP contribution >= 0.6 is 0 Å². The zero-order valence-electron chi connectivity index (χ0n) is 12.1. The maximum Gasteiger partial charge on any atom is 0.00754 e. The molecule has 1 N–H and O–H groups in total. The molecule has 3 rings (SSSR count). The van der Waals surface area contributed by atoms with E-state index in [4.69, 9.17) is 0 Å². The first kappa shape index (κ1) is 12.7. The fourth-order valence-electron chi connectivity index (χ4n) is 4.71. The molecule has 4 unspecified atom stereocenters. The molecular formula is C17H29N. The predicted molar refractivity (Wildman–Crippen MR) is 77.5 cm³/mol. The summed E-state index contributed by atoms with van der Waals surface area (Å²) in [5, 5.41) is 3.94. The Labute approximate surface area is 112 Å². The summed E-state index contributed by atoms with van der Waals surface area (Å²) in [5.41, 5.74) is 0. The van der Waals surface area contributed by atoms with E-state index in [-0.39, 0.29) is 0 Å². The highest BCUT2D eigenvalue weighted by molar-refractivity contribution is 5.11. The van der Waals surface area contributed by atoms with E-state index in [1.807, 2.05) is 0 Å². The second-order valence-electron chi connectivity index (χ2n) is 7.09. The summed E-state index contributed by atoms with van der Waals surface area (Å²) in [6.07, 6.45) is 15.1. The van der Waals surface area contributed by atoms with Gasteiger partial charge in [-0.3, -0.25) is 0 Å². The van der Waals surface area contributed by atoms with Gasteiger partial charge in [-0.25, -0.2) is 0 Å². The number of fused-ring (bicyclic) bond motifs is 2. The molecule has 0 amide bonds. The van der Waals surface area contributed by atoms with Crippen LogP contribution < -0.4 is 5.32 Å². The van der Waals surface area contributed by atoms with Crippen LogP contribution in [0.4, 0.5) is 0 Å². The monoisotopic (exact) mass is 247 g/mol. The molecule has 0 radical (unpaired) electrons.